The molecule has 4 nitrogen and oxygen atoms in total. The Bertz CT molecular complexity index is 467. The van der Waals surface area contributed by atoms with E-state index < -0.39 is 5.97 Å². The van der Waals surface area contributed by atoms with Gasteiger partial charge in [-0.1, -0.05) is 49.4 Å². The van der Waals surface area contributed by atoms with Crippen molar-refractivity contribution in [3.05, 3.63) is 42.0 Å². The number of hydrogen-bond donors (Lipinski definition) is 2. The Morgan fingerprint density at radius 2 is 2.10 bits per heavy atom. The summed E-state index contributed by atoms with van der Waals surface area (Å²) in [4.78, 5) is 12.8. The second kappa shape index (κ2) is 7.96. The van der Waals surface area contributed by atoms with Gasteiger partial charge in [-0.3, -0.25) is 9.69 Å². The Morgan fingerprint density at radius 3 is 2.71 bits per heavy atom. The van der Waals surface area contributed by atoms with Crippen LogP contribution in [0.3, 0.4) is 0 Å². The molecule has 0 heterocycles. The third kappa shape index (κ3) is 4.99. The molecule has 4 heteroatoms. The Balaban J connectivity index is 1.64. The first-order valence-corrected chi connectivity index (χ1v) is 7.60. The van der Waals surface area contributed by atoms with E-state index in [1.54, 1.807) is 0 Å². The predicted molar refractivity (Wildman–Crippen MR) is 85.2 cm³/mol. The number of carbonyl (C=O) groups is 1. The van der Waals surface area contributed by atoms with Crippen molar-refractivity contribution in [1.29, 1.82) is 0 Å². The molecule has 0 amide bonds. The van der Waals surface area contributed by atoms with Gasteiger partial charge in [-0.15, -0.1) is 0 Å². The summed E-state index contributed by atoms with van der Waals surface area (Å²) in [6.45, 7) is 3.84. The van der Waals surface area contributed by atoms with Crippen molar-refractivity contribution in [1.82, 2.24) is 10.2 Å². The van der Waals surface area contributed by atoms with Gasteiger partial charge in [-0.05, 0) is 24.9 Å². The summed E-state index contributed by atoms with van der Waals surface area (Å²) in [5, 5.41) is 12.4. The topological polar surface area (TPSA) is 52.6 Å². The number of likely N-dealkylation sites (N-methyl/N-ethyl adjacent to an activating group) is 1. The van der Waals surface area contributed by atoms with Crippen molar-refractivity contribution in [2.24, 2.45) is 0 Å². The third-order valence-corrected chi connectivity index (χ3v) is 4.01. The summed E-state index contributed by atoms with van der Waals surface area (Å²) in [7, 11) is 0. The first-order valence-electron chi connectivity index (χ1n) is 7.60. The van der Waals surface area contributed by atoms with Crippen molar-refractivity contribution >= 4 is 12.0 Å². The van der Waals surface area contributed by atoms with Gasteiger partial charge in [0.1, 0.15) is 0 Å². The van der Waals surface area contributed by atoms with Crippen molar-refractivity contribution in [3.8, 4) is 0 Å². The van der Waals surface area contributed by atoms with Gasteiger partial charge in [0.15, 0.2) is 0 Å². The molecule has 0 aromatic heterocycles. The van der Waals surface area contributed by atoms with Crippen LogP contribution in [0.15, 0.2) is 36.4 Å². The molecule has 114 valence electrons. The first-order chi connectivity index (χ1) is 10.2. The minimum Gasteiger partial charge on any atom is -0.480 e. The lowest BCUT2D eigenvalue weighted by Crippen LogP contribution is -2.53. The van der Waals surface area contributed by atoms with E-state index in [-0.39, 0.29) is 6.54 Å². The van der Waals surface area contributed by atoms with Gasteiger partial charge in [0.05, 0.1) is 6.54 Å². The van der Waals surface area contributed by atoms with E-state index in [9.17, 15) is 4.79 Å². The number of carboxylic acid groups (broad SMARTS) is 1. The van der Waals surface area contributed by atoms with Crippen LogP contribution < -0.4 is 5.32 Å². The molecular weight excluding hydrogens is 264 g/mol. The van der Waals surface area contributed by atoms with Crippen molar-refractivity contribution in [3.63, 3.8) is 0 Å². The predicted octanol–water partition coefficient (Wildman–Crippen LogP) is 2.23. The highest BCUT2D eigenvalue weighted by Gasteiger charge is 2.32. The molecule has 1 fully saturated rings. The van der Waals surface area contributed by atoms with E-state index in [1.807, 2.05) is 30.0 Å². The molecule has 0 radical (unpaired) electrons. The number of carboxylic acids is 1. The Hall–Kier alpha value is -1.65. The molecule has 0 saturated heterocycles. The maximum atomic E-state index is 10.8. The first kappa shape index (κ1) is 15.7. The van der Waals surface area contributed by atoms with E-state index in [4.69, 9.17) is 5.11 Å². The molecule has 2 N–H and O–H groups in total. The fourth-order valence-electron chi connectivity index (χ4n) is 2.72. The number of hydrogen-bond acceptors (Lipinski definition) is 3. The van der Waals surface area contributed by atoms with Gasteiger partial charge >= 0.3 is 5.97 Å². The summed E-state index contributed by atoms with van der Waals surface area (Å²) < 4.78 is 0. The van der Waals surface area contributed by atoms with Crippen LogP contribution in [0, 0.1) is 0 Å². The summed E-state index contributed by atoms with van der Waals surface area (Å²) in [5.41, 5.74) is 1.21. The molecule has 0 spiro atoms. The van der Waals surface area contributed by atoms with Crippen LogP contribution in [0.2, 0.25) is 0 Å². The molecule has 1 saturated carbocycles. The normalized spacial score (nSPS) is 21.6. The zero-order valence-electron chi connectivity index (χ0n) is 12.5. The second-order valence-corrected chi connectivity index (χ2v) is 5.50. The lowest BCUT2D eigenvalue weighted by atomic mass is 9.85. The number of nitrogens with one attached hydrogen (secondary N) is 1. The van der Waals surface area contributed by atoms with E-state index in [1.165, 1.54) is 5.56 Å². The molecule has 1 aromatic rings. The smallest absolute Gasteiger partial charge is 0.317 e. The monoisotopic (exact) mass is 288 g/mol. The van der Waals surface area contributed by atoms with Crippen LogP contribution in [-0.4, -0.2) is 47.7 Å². The van der Waals surface area contributed by atoms with Gasteiger partial charge in [0.2, 0.25) is 0 Å². The average Bonchev–Trinajstić information content (AvgIpc) is 2.44. The molecule has 0 unspecified atom stereocenters. The highest BCUT2D eigenvalue weighted by atomic mass is 16.4. The highest BCUT2D eigenvalue weighted by molar-refractivity contribution is 5.69. The molecule has 1 aliphatic rings. The minimum atomic E-state index is -0.737. The Morgan fingerprint density at radius 1 is 1.38 bits per heavy atom. The second-order valence-electron chi connectivity index (χ2n) is 5.50. The summed E-state index contributed by atoms with van der Waals surface area (Å²) in [6.07, 6.45) is 6.34. The third-order valence-electron chi connectivity index (χ3n) is 4.01. The summed E-state index contributed by atoms with van der Waals surface area (Å²) in [5.74, 6) is -0.737. The fourth-order valence-corrected chi connectivity index (χ4v) is 2.72. The van der Waals surface area contributed by atoms with E-state index >= 15 is 0 Å². The lowest BCUT2D eigenvalue weighted by Gasteiger charge is -2.42. The molecule has 1 aliphatic carbocycles. The maximum absolute atomic E-state index is 10.8. The van der Waals surface area contributed by atoms with Crippen molar-refractivity contribution in [2.45, 2.75) is 31.8 Å². The molecule has 0 bridgehead atoms. The summed E-state index contributed by atoms with van der Waals surface area (Å²) in [6, 6.07) is 11.2. The van der Waals surface area contributed by atoms with E-state index in [0.29, 0.717) is 12.1 Å². The molecule has 21 heavy (non-hydrogen) atoms. The zero-order chi connectivity index (χ0) is 15.1. The summed E-state index contributed by atoms with van der Waals surface area (Å²) >= 11 is 0. The van der Waals surface area contributed by atoms with Crippen LogP contribution in [0.4, 0.5) is 0 Å². The van der Waals surface area contributed by atoms with E-state index in [0.717, 1.165) is 25.9 Å². The maximum Gasteiger partial charge on any atom is 0.317 e. The molecule has 0 atom stereocenters. The fraction of sp³-hybridized carbons (Fsp3) is 0.471. The molecule has 2 rings (SSSR count). The number of nitrogens with zero attached hydrogens (tertiary/aromatic N) is 1. The van der Waals surface area contributed by atoms with Gasteiger partial charge in [-0.25, -0.2) is 0 Å². The van der Waals surface area contributed by atoms with E-state index in [2.05, 4.69) is 29.6 Å². The van der Waals surface area contributed by atoms with Crippen molar-refractivity contribution < 1.29 is 9.90 Å². The van der Waals surface area contributed by atoms with Gasteiger partial charge < -0.3 is 10.4 Å². The van der Waals surface area contributed by atoms with Crippen molar-refractivity contribution in [2.75, 3.05) is 19.6 Å². The molecule has 0 aliphatic heterocycles. The van der Waals surface area contributed by atoms with Crippen LogP contribution >= 0.6 is 0 Å². The number of rotatable bonds is 8. The number of benzene rings is 1. The SMILES string of the molecule is CCN(CC(=O)O)C1CC(NC/C=C/c2ccccc2)C1. The molecule has 1 aromatic carbocycles. The van der Waals surface area contributed by atoms with Crippen LogP contribution in [0.25, 0.3) is 6.08 Å². The van der Waals surface area contributed by atoms with Crippen LogP contribution in [0.5, 0.6) is 0 Å². The Labute approximate surface area is 126 Å². The van der Waals surface area contributed by atoms with Gasteiger partial charge in [-0.2, -0.15) is 0 Å². The average molecular weight is 288 g/mol. The molecular formula is C17H24N2O2. The van der Waals surface area contributed by atoms with Crippen LogP contribution in [0.1, 0.15) is 25.3 Å². The lowest BCUT2D eigenvalue weighted by molar-refractivity contribution is -0.139. The van der Waals surface area contributed by atoms with Gasteiger partial charge in [0, 0.05) is 18.6 Å². The van der Waals surface area contributed by atoms with Crippen LogP contribution in [-0.2, 0) is 4.79 Å². The zero-order valence-corrected chi connectivity index (χ0v) is 12.5. The largest absolute Gasteiger partial charge is 0.480 e. The number of aliphatic carboxylic acids is 1. The standard InChI is InChI=1S/C17H24N2O2/c1-2-19(13-17(20)21)16-11-15(12-16)18-10-6-9-14-7-4-3-5-8-14/h3-9,15-16,18H,2,10-13H2,1H3,(H,20,21)/b9-6+. The highest BCUT2D eigenvalue weighted by Crippen LogP contribution is 2.25. The Kier molecular flexibility index (Phi) is 5.96. The quantitative estimate of drug-likeness (QED) is 0.770. The minimum absolute atomic E-state index is 0.155. The van der Waals surface area contributed by atoms with Gasteiger partial charge in [0.25, 0.3) is 0 Å².